The standard InChI is InChI=1S/C58H44N4O/c1-58(2,3)44-35-51(42-22-11-6-12-23-42)59-57(36-44)62-53-33-30-43(40-18-7-4-8-19-40)34-50(53)49-32-31-47(38-56(49)62)63-46-25-17-24-45(37-46)60-39-61(55-29-16-15-28-54(55)60)52-27-14-13-26-48(52)41-20-9-5-10-21-41/h4-38H,1-3H3. The van der Waals surface area contributed by atoms with E-state index < -0.39 is 0 Å². The molecule has 0 aliphatic carbocycles. The molecule has 0 N–H and O–H groups in total. The minimum absolute atomic E-state index is 0.104. The van der Waals surface area contributed by atoms with Crippen molar-refractivity contribution in [3.05, 3.63) is 224 Å². The second-order valence-electron chi connectivity index (χ2n) is 17.1. The van der Waals surface area contributed by atoms with E-state index in [1.54, 1.807) is 0 Å². The SMILES string of the molecule is CC(C)(C)c1cc(-c2ccccc2)nc(-n2c3ccc(-c4ccccc4)cc3c3ccc(Oc4cccc(-n5[c-][n+](-c6ccccc6-c6ccccc6)c6ccccc65)c4)cc32)c1. The van der Waals surface area contributed by atoms with Crippen LogP contribution in [0.2, 0.25) is 0 Å². The fourth-order valence-electron chi connectivity index (χ4n) is 8.72. The second-order valence-corrected chi connectivity index (χ2v) is 17.1. The summed E-state index contributed by atoms with van der Waals surface area (Å²) in [6.07, 6.45) is 3.70. The van der Waals surface area contributed by atoms with Gasteiger partial charge in [0.05, 0.1) is 39.1 Å². The third-order valence-corrected chi connectivity index (χ3v) is 11.9. The van der Waals surface area contributed by atoms with Crippen LogP contribution in [0.4, 0.5) is 0 Å². The normalized spacial score (nSPS) is 11.7. The lowest BCUT2D eigenvalue weighted by Crippen LogP contribution is -2.30. The molecule has 0 amide bonds. The first-order valence-corrected chi connectivity index (χ1v) is 21.5. The average molecular weight is 813 g/mol. The van der Waals surface area contributed by atoms with E-state index >= 15 is 0 Å². The third kappa shape index (κ3) is 7.04. The lowest BCUT2D eigenvalue weighted by molar-refractivity contribution is -0.571. The maximum atomic E-state index is 6.81. The highest BCUT2D eigenvalue weighted by molar-refractivity contribution is 6.10. The van der Waals surface area contributed by atoms with Crippen molar-refractivity contribution >= 4 is 32.8 Å². The summed E-state index contributed by atoms with van der Waals surface area (Å²) in [5.74, 6) is 2.32. The average Bonchev–Trinajstić information content (AvgIpc) is 3.88. The largest absolute Gasteiger partial charge is 0.458 e. The van der Waals surface area contributed by atoms with Crippen molar-refractivity contribution in [1.29, 1.82) is 0 Å². The molecule has 3 heterocycles. The first-order valence-electron chi connectivity index (χ1n) is 21.5. The van der Waals surface area contributed by atoms with Gasteiger partial charge in [0.25, 0.3) is 6.33 Å². The van der Waals surface area contributed by atoms with Crippen molar-refractivity contribution in [1.82, 2.24) is 14.1 Å². The van der Waals surface area contributed by atoms with Crippen LogP contribution in [-0.4, -0.2) is 14.1 Å². The Kier molecular flexibility index (Phi) is 9.31. The van der Waals surface area contributed by atoms with Gasteiger partial charge in [-0.3, -0.25) is 13.7 Å². The van der Waals surface area contributed by atoms with Crippen LogP contribution >= 0.6 is 0 Å². The van der Waals surface area contributed by atoms with Gasteiger partial charge in [-0.1, -0.05) is 166 Å². The highest BCUT2D eigenvalue weighted by atomic mass is 16.5. The first kappa shape index (κ1) is 37.9. The number of hydrogen-bond acceptors (Lipinski definition) is 2. The summed E-state index contributed by atoms with van der Waals surface area (Å²) < 4.78 is 13.4. The van der Waals surface area contributed by atoms with Gasteiger partial charge in [0.2, 0.25) is 0 Å². The van der Waals surface area contributed by atoms with Gasteiger partial charge in [-0.25, -0.2) is 4.98 Å². The van der Waals surface area contributed by atoms with Gasteiger partial charge in [0.1, 0.15) is 17.3 Å². The number of nitrogens with zero attached hydrogens (tertiary/aromatic N) is 4. The van der Waals surface area contributed by atoms with Crippen molar-refractivity contribution in [2.45, 2.75) is 26.2 Å². The highest BCUT2D eigenvalue weighted by Crippen LogP contribution is 2.39. The number of benzene rings is 8. The third-order valence-electron chi connectivity index (χ3n) is 11.9. The smallest absolute Gasteiger partial charge is 0.269 e. The van der Waals surface area contributed by atoms with Crippen LogP contribution in [0.3, 0.4) is 0 Å². The molecule has 0 aliphatic rings. The zero-order chi connectivity index (χ0) is 42.5. The summed E-state index contributed by atoms with van der Waals surface area (Å²) >= 11 is 0. The van der Waals surface area contributed by atoms with Gasteiger partial charge in [-0.05, 0) is 93.9 Å². The van der Waals surface area contributed by atoms with Gasteiger partial charge in [-0.2, -0.15) is 0 Å². The van der Waals surface area contributed by atoms with Crippen LogP contribution in [-0.2, 0) is 5.41 Å². The van der Waals surface area contributed by atoms with Crippen molar-refractivity contribution in [3.63, 3.8) is 0 Å². The molecule has 0 aliphatic heterocycles. The van der Waals surface area contributed by atoms with Gasteiger partial charge >= 0.3 is 0 Å². The molecule has 3 aromatic heterocycles. The number of ether oxygens (including phenoxy) is 1. The molecule has 0 saturated heterocycles. The Bertz CT molecular complexity index is 3450. The number of para-hydroxylation sites is 3. The van der Waals surface area contributed by atoms with Gasteiger partial charge in [-0.15, -0.1) is 0 Å². The lowest BCUT2D eigenvalue weighted by Gasteiger charge is -2.22. The van der Waals surface area contributed by atoms with Gasteiger partial charge in [0.15, 0.2) is 0 Å². The van der Waals surface area contributed by atoms with Crippen LogP contribution in [0.25, 0.3) is 83.5 Å². The summed E-state index contributed by atoms with van der Waals surface area (Å²) in [7, 11) is 0. The molecule has 302 valence electrons. The van der Waals surface area contributed by atoms with Crippen molar-refractivity contribution < 1.29 is 9.30 Å². The predicted molar refractivity (Wildman–Crippen MR) is 257 cm³/mol. The molecule has 8 aromatic carbocycles. The number of hydrogen-bond donors (Lipinski definition) is 0. The number of pyridine rings is 1. The molecule has 11 aromatic rings. The monoisotopic (exact) mass is 812 g/mol. The number of aromatic nitrogens is 4. The Labute approximate surface area is 367 Å². The van der Waals surface area contributed by atoms with Crippen LogP contribution in [0.5, 0.6) is 11.5 Å². The van der Waals surface area contributed by atoms with E-state index in [-0.39, 0.29) is 5.41 Å². The van der Waals surface area contributed by atoms with E-state index in [0.29, 0.717) is 0 Å². The maximum absolute atomic E-state index is 6.81. The van der Waals surface area contributed by atoms with E-state index in [1.165, 1.54) is 16.7 Å². The molecule has 0 atom stereocenters. The molecule has 63 heavy (non-hydrogen) atoms. The van der Waals surface area contributed by atoms with E-state index in [1.807, 2.05) is 18.2 Å². The van der Waals surface area contributed by atoms with Crippen LogP contribution in [0, 0.1) is 6.33 Å². The Hall–Kier alpha value is -8.02. The summed E-state index contributed by atoms with van der Waals surface area (Å²) in [5, 5.41) is 2.28. The van der Waals surface area contributed by atoms with E-state index in [2.05, 4.69) is 235 Å². The fourth-order valence-corrected chi connectivity index (χ4v) is 8.72. The van der Waals surface area contributed by atoms with Crippen molar-refractivity contribution in [3.8, 4) is 62.2 Å². The molecule has 0 unspecified atom stereocenters. The molecule has 0 spiro atoms. The summed E-state index contributed by atoms with van der Waals surface area (Å²) in [6, 6.07) is 74.4. The molecule has 0 radical (unpaired) electrons. The molecular weight excluding hydrogens is 769 g/mol. The van der Waals surface area contributed by atoms with E-state index in [9.17, 15) is 0 Å². The van der Waals surface area contributed by atoms with E-state index in [4.69, 9.17) is 9.72 Å². The first-order chi connectivity index (χ1) is 30.9. The molecule has 5 nitrogen and oxygen atoms in total. The summed E-state index contributed by atoms with van der Waals surface area (Å²) in [5.41, 5.74) is 14.0. The lowest BCUT2D eigenvalue weighted by atomic mass is 9.86. The minimum Gasteiger partial charge on any atom is -0.458 e. The Morgan fingerprint density at radius 1 is 0.492 bits per heavy atom. The Morgan fingerprint density at radius 3 is 1.95 bits per heavy atom. The Balaban J connectivity index is 1.04. The van der Waals surface area contributed by atoms with Gasteiger partial charge in [0, 0.05) is 22.4 Å². The minimum atomic E-state index is -0.104. The maximum Gasteiger partial charge on any atom is 0.269 e. The van der Waals surface area contributed by atoms with Crippen molar-refractivity contribution in [2.75, 3.05) is 0 Å². The highest BCUT2D eigenvalue weighted by Gasteiger charge is 2.22. The predicted octanol–water partition coefficient (Wildman–Crippen LogP) is 14.3. The molecular formula is C58H44N4O. The molecule has 0 saturated carbocycles. The Morgan fingerprint density at radius 2 is 1.17 bits per heavy atom. The zero-order valence-electron chi connectivity index (χ0n) is 35.4. The quantitative estimate of drug-likeness (QED) is 0.113. The van der Waals surface area contributed by atoms with Crippen LogP contribution in [0.15, 0.2) is 212 Å². The topological polar surface area (TPSA) is 35.9 Å². The fraction of sp³-hybridized carbons (Fsp3) is 0.0690. The number of imidazole rings is 1. The number of rotatable bonds is 8. The molecule has 0 fully saturated rings. The molecule has 0 bridgehead atoms. The van der Waals surface area contributed by atoms with Crippen LogP contribution in [0.1, 0.15) is 26.3 Å². The summed E-state index contributed by atoms with van der Waals surface area (Å²) in [4.78, 5) is 5.38. The van der Waals surface area contributed by atoms with Crippen molar-refractivity contribution in [2.24, 2.45) is 0 Å². The summed E-state index contributed by atoms with van der Waals surface area (Å²) in [6.45, 7) is 6.78. The van der Waals surface area contributed by atoms with Crippen LogP contribution < -0.4 is 9.30 Å². The number of fused-ring (bicyclic) bond motifs is 4. The zero-order valence-corrected chi connectivity index (χ0v) is 35.4. The molecule has 5 heteroatoms. The van der Waals surface area contributed by atoms with E-state index in [0.717, 1.165) is 83.9 Å². The molecule has 11 rings (SSSR count). The van der Waals surface area contributed by atoms with Gasteiger partial charge < -0.3 is 4.74 Å². The second kappa shape index (κ2) is 15.5.